The van der Waals surface area contributed by atoms with Crippen LogP contribution in [0.15, 0.2) is 0 Å². The Labute approximate surface area is 76.9 Å². The third-order valence-electron chi connectivity index (χ3n) is 1.34. The molecule has 0 aliphatic heterocycles. The van der Waals surface area contributed by atoms with Crippen LogP contribution in [0.1, 0.15) is 19.3 Å². The maximum atomic E-state index is 10.6. The summed E-state index contributed by atoms with van der Waals surface area (Å²) in [5.74, 6) is 6.57. The van der Waals surface area contributed by atoms with Gasteiger partial charge >= 0.3 is 0 Å². The second-order valence-electron chi connectivity index (χ2n) is 2.36. The number of aliphatic hydroxyl groups is 1. The van der Waals surface area contributed by atoms with Crippen LogP contribution in [0.3, 0.4) is 0 Å². The van der Waals surface area contributed by atoms with E-state index in [1.807, 2.05) is 0 Å². The molecule has 4 N–H and O–H groups in total. The van der Waals surface area contributed by atoms with Crippen molar-refractivity contribution >= 4 is 17.7 Å². The van der Waals surface area contributed by atoms with E-state index in [-0.39, 0.29) is 12.5 Å². The molecule has 0 aliphatic rings. The normalized spacial score (nSPS) is 9.83. The number of carbonyl (C=O) groups excluding carboxylic acids is 1. The number of unbranched alkanes of at least 4 members (excludes halogenated alkanes) is 1. The third-order valence-corrected chi connectivity index (χ3v) is 2.39. The number of hydrogen-bond acceptors (Lipinski definition) is 4. The highest BCUT2D eigenvalue weighted by Gasteiger charge is 1.96. The lowest BCUT2D eigenvalue weighted by molar-refractivity contribution is -0.121. The lowest BCUT2D eigenvalue weighted by Crippen LogP contribution is -2.29. The van der Waals surface area contributed by atoms with Gasteiger partial charge in [0.2, 0.25) is 5.91 Å². The Balaban J connectivity index is 2.95. The molecule has 0 atom stereocenters. The highest BCUT2D eigenvalue weighted by Crippen LogP contribution is 2.04. The molecule has 0 aliphatic carbocycles. The van der Waals surface area contributed by atoms with Gasteiger partial charge in [-0.3, -0.25) is 10.2 Å². The van der Waals surface area contributed by atoms with Gasteiger partial charge in [-0.05, 0) is 18.6 Å². The van der Waals surface area contributed by atoms with E-state index in [9.17, 15) is 4.79 Å². The summed E-state index contributed by atoms with van der Waals surface area (Å²) in [6, 6.07) is 0. The molecule has 0 saturated heterocycles. The van der Waals surface area contributed by atoms with Crippen molar-refractivity contribution in [1.29, 1.82) is 0 Å². The molecular weight excluding hydrogens is 176 g/mol. The summed E-state index contributed by atoms with van der Waals surface area (Å²) in [7, 11) is 0. The van der Waals surface area contributed by atoms with Gasteiger partial charge < -0.3 is 5.11 Å². The Morgan fingerprint density at radius 1 is 1.42 bits per heavy atom. The van der Waals surface area contributed by atoms with Crippen molar-refractivity contribution in [2.45, 2.75) is 19.3 Å². The molecule has 0 aromatic rings. The molecule has 0 fully saturated rings. The van der Waals surface area contributed by atoms with Crippen LogP contribution >= 0.6 is 11.8 Å². The van der Waals surface area contributed by atoms with Gasteiger partial charge in [0, 0.05) is 12.2 Å². The summed E-state index contributed by atoms with van der Waals surface area (Å²) in [5.41, 5.74) is 2.08. The smallest absolute Gasteiger partial charge is 0.233 e. The van der Waals surface area contributed by atoms with E-state index in [0.29, 0.717) is 6.42 Å². The molecule has 12 heavy (non-hydrogen) atoms. The number of aliphatic hydroxyl groups excluding tert-OH is 1. The summed E-state index contributed by atoms with van der Waals surface area (Å²) in [5, 5.41) is 8.45. The highest BCUT2D eigenvalue weighted by atomic mass is 32.2. The minimum absolute atomic E-state index is 0.109. The monoisotopic (exact) mass is 192 g/mol. The van der Waals surface area contributed by atoms with E-state index in [4.69, 9.17) is 10.9 Å². The topological polar surface area (TPSA) is 75.3 Å². The Morgan fingerprint density at radius 2 is 2.17 bits per heavy atom. The van der Waals surface area contributed by atoms with Gasteiger partial charge in [-0.2, -0.15) is 11.8 Å². The van der Waals surface area contributed by atoms with Crippen LogP contribution < -0.4 is 11.3 Å². The van der Waals surface area contributed by atoms with Gasteiger partial charge in [0.05, 0.1) is 6.61 Å². The van der Waals surface area contributed by atoms with Crippen molar-refractivity contribution in [2.24, 2.45) is 5.84 Å². The average Bonchev–Trinajstić information content (AvgIpc) is 2.10. The Morgan fingerprint density at radius 3 is 2.75 bits per heavy atom. The molecule has 1 amide bonds. The van der Waals surface area contributed by atoms with Crippen LogP contribution in [0.5, 0.6) is 0 Å². The maximum Gasteiger partial charge on any atom is 0.233 e. The molecular formula is C7H16N2O2S. The first-order valence-electron chi connectivity index (χ1n) is 3.99. The molecule has 5 heteroatoms. The molecule has 4 nitrogen and oxygen atoms in total. The molecule has 0 spiro atoms. The first kappa shape index (κ1) is 11.7. The fourth-order valence-electron chi connectivity index (χ4n) is 0.728. The molecule has 0 aromatic heterocycles. The number of nitrogens with two attached hydrogens (primary N) is 1. The lowest BCUT2D eigenvalue weighted by atomic mass is 10.2. The predicted octanol–water partition coefficient (Wildman–Crippen LogP) is -0.128. The van der Waals surface area contributed by atoms with E-state index in [0.717, 1.165) is 24.3 Å². The van der Waals surface area contributed by atoms with Crippen molar-refractivity contribution in [3.8, 4) is 0 Å². The number of carbonyl (C=O) groups is 1. The number of hydrogen-bond donors (Lipinski definition) is 3. The summed E-state index contributed by atoms with van der Waals surface area (Å²) in [6.07, 6.45) is 2.36. The minimum Gasteiger partial charge on any atom is -0.396 e. The molecule has 0 radical (unpaired) electrons. The second kappa shape index (κ2) is 8.83. The number of amides is 1. The van der Waals surface area contributed by atoms with Gasteiger partial charge in [-0.25, -0.2) is 5.84 Å². The van der Waals surface area contributed by atoms with Crippen molar-refractivity contribution < 1.29 is 9.90 Å². The van der Waals surface area contributed by atoms with Crippen molar-refractivity contribution in [3.63, 3.8) is 0 Å². The van der Waals surface area contributed by atoms with Crippen LogP contribution in [0.25, 0.3) is 0 Å². The predicted molar refractivity (Wildman–Crippen MR) is 50.6 cm³/mol. The fourth-order valence-corrected chi connectivity index (χ4v) is 1.47. The first-order valence-corrected chi connectivity index (χ1v) is 5.14. The lowest BCUT2D eigenvalue weighted by Gasteiger charge is -1.99. The van der Waals surface area contributed by atoms with Gasteiger partial charge in [0.1, 0.15) is 0 Å². The van der Waals surface area contributed by atoms with E-state index in [1.165, 1.54) is 0 Å². The van der Waals surface area contributed by atoms with Crippen LogP contribution in [0.2, 0.25) is 0 Å². The molecule has 0 unspecified atom stereocenters. The zero-order valence-electron chi connectivity index (χ0n) is 7.08. The van der Waals surface area contributed by atoms with Crippen molar-refractivity contribution in [3.05, 3.63) is 0 Å². The van der Waals surface area contributed by atoms with Gasteiger partial charge in [0.15, 0.2) is 0 Å². The van der Waals surface area contributed by atoms with Crippen molar-refractivity contribution in [2.75, 3.05) is 18.1 Å². The number of nitrogens with one attached hydrogen (secondary N) is 1. The molecule has 0 bridgehead atoms. The highest BCUT2D eigenvalue weighted by molar-refractivity contribution is 7.99. The fraction of sp³-hybridized carbons (Fsp3) is 0.857. The first-order chi connectivity index (χ1) is 5.81. The van der Waals surface area contributed by atoms with E-state index in [2.05, 4.69) is 5.43 Å². The number of hydrazine groups is 1. The van der Waals surface area contributed by atoms with Gasteiger partial charge in [-0.15, -0.1) is 0 Å². The van der Waals surface area contributed by atoms with Crippen LogP contribution in [-0.4, -0.2) is 29.1 Å². The SMILES string of the molecule is NNC(=O)CCCCSCCO. The molecule has 0 saturated carbocycles. The molecule has 0 heterocycles. The summed E-state index contributed by atoms with van der Waals surface area (Å²) >= 11 is 1.70. The second-order valence-corrected chi connectivity index (χ2v) is 3.59. The standard InChI is InChI=1S/C7H16N2O2S/c8-9-7(11)3-1-2-5-12-6-4-10/h10H,1-6,8H2,(H,9,11). The van der Waals surface area contributed by atoms with Crippen molar-refractivity contribution in [1.82, 2.24) is 5.43 Å². The van der Waals surface area contributed by atoms with Gasteiger partial charge in [0.25, 0.3) is 0 Å². The summed E-state index contributed by atoms with van der Waals surface area (Å²) in [6.45, 7) is 0.230. The quantitative estimate of drug-likeness (QED) is 0.227. The molecule has 0 rings (SSSR count). The maximum absolute atomic E-state index is 10.6. The zero-order chi connectivity index (χ0) is 9.23. The molecule has 72 valence electrons. The van der Waals surface area contributed by atoms with Crippen LogP contribution in [0.4, 0.5) is 0 Å². The largest absolute Gasteiger partial charge is 0.396 e. The van der Waals surface area contributed by atoms with E-state index >= 15 is 0 Å². The Hall–Kier alpha value is -0.260. The number of thioether (sulfide) groups is 1. The Bertz CT molecular complexity index is 122. The average molecular weight is 192 g/mol. The van der Waals surface area contributed by atoms with Gasteiger partial charge in [-0.1, -0.05) is 0 Å². The van der Waals surface area contributed by atoms with E-state index < -0.39 is 0 Å². The number of rotatable bonds is 7. The summed E-state index contributed by atoms with van der Waals surface area (Å²) in [4.78, 5) is 10.6. The van der Waals surface area contributed by atoms with Crippen LogP contribution in [0, 0.1) is 0 Å². The Kier molecular flexibility index (Phi) is 8.64. The van der Waals surface area contributed by atoms with E-state index in [1.54, 1.807) is 11.8 Å². The summed E-state index contributed by atoms with van der Waals surface area (Å²) < 4.78 is 0. The third kappa shape index (κ3) is 7.84. The molecule has 0 aromatic carbocycles. The zero-order valence-corrected chi connectivity index (χ0v) is 7.90. The minimum atomic E-state index is -0.109. The van der Waals surface area contributed by atoms with Crippen LogP contribution in [-0.2, 0) is 4.79 Å².